The van der Waals surface area contributed by atoms with Gasteiger partial charge in [0.2, 0.25) is 10.0 Å². The lowest BCUT2D eigenvalue weighted by molar-refractivity contribution is 0.579. The van der Waals surface area contributed by atoms with E-state index in [0.29, 0.717) is 23.4 Å². The molecule has 0 radical (unpaired) electrons. The summed E-state index contributed by atoms with van der Waals surface area (Å²) in [5.74, 6) is 1.12. The number of hydrogen-bond donors (Lipinski definition) is 2. The third-order valence-electron chi connectivity index (χ3n) is 3.22. The van der Waals surface area contributed by atoms with Crippen molar-refractivity contribution in [2.45, 2.75) is 29.5 Å². The molecule has 2 N–H and O–H groups in total. The van der Waals surface area contributed by atoms with E-state index < -0.39 is 10.0 Å². The van der Waals surface area contributed by atoms with Crippen LogP contribution in [-0.4, -0.2) is 33.0 Å². The first-order chi connectivity index (χ1) is 9.53. The predicted molar refractivity (Wildman–Crippen MR) is 84.9 cm³/mol. The largest absolute Gasteiger partial charge is 0.316 e. The normalized spacial score (nSPS) is 19.4. The Morgan fingerprint density at radius 2 is 2.25 bits per heavy atom. The first-order valence-electron chi connectivity index (χ1n) is 6.57. The van der Waals surface area contributed by atoms with Crippen LogP contribution in [0.2, 0.25) is 5.02 Å². The highest BCUT2D eigenvalue weighted by molar-refractivity contribution is 8.00. The van der Waals surface area contributed by atoms with Crippen LogP contribution in [0.1, 0.15) is 18.4 Å². The summed E-state index contributed by atoms with van der Waals surface area (Å²) in [4.78, 5) is 0.273. The van der Waals surface area contributed by atoms with Crippen molar-refractivity contribution in [3.8, 4) is 0 Å². The van der Waals surface area contributed by atoms with Crippen molar-refractivity contribution in [2.24, 2.45) is 0 Å². The van der Waals surface area contributed by atoms with Gasteiger partial charge in [-0.3, -0.25) is 0 Å². The van der Waals surface area contributed by atoms with Gasteiger partial charge in [0.05, 0.1) is 4.90 Å². The summed E-state index contributed by atoms with van der Waals surface area (Å²) in [6.45, 7) is 1.04. The minimum atomic E-state index is -3.46. The van der Waals surface area contributed by atoms with Crippen molar-refractivity contribution < 1.29 is 8.42 Å². The van der Waals surface area contributed by atoms with Crippen molar-refractivity contribution in [3.05, 3.63) is 28.8 Å². The van der Waals surface area contributed by atoms with Gasteiger partial charge in [-0.1, -0.05) is 11.6 Å². The second kappa shape index (κ2) is 7.13. The molecule has 0 amide bonds. The second-order valence-corrected chi connectivity index (χ2v) is 8.35. The van der Waals surface area contributed by atoms with Crippen LogP contribution in [0.15, 0.2) is 23.1 Å². The van der Waals surface area contributed by atoms with Crippen LogP contribution in [0.25, 0.3) is 0 Å². The number of hydrogen-bond acceptors (Lipinski definition) is 4. The van der Waals surface area contributed by atoms with E-state index in [0.717, 1.165) is 17.7 Å². The Hall–Kier alpha value is -0.270. The maximum Gasteiger partial charge on any atom is 0.240 e. The van der Waals surface area contributed by atoms with E-state index >= 15 is 0 Å². The Morgan fingerprint density at radius 3 is 2.90 bits per heavy atom. The molecular weight excluding hydrogens is 316 g/mol. The minimum absolute atomic E-state index is 0.273. The zero-order chi connectivity index (χ0) is 14.6. The maximum atomic E-state index is 12.3. The Balaban J connectivity index is 2.09. The highest BCUT2D eigenvalue weighted by Crippen LogP contribution is 2.26. The quantitative estimate of drug-likeness (QED) is 0.837. The lowest BCUT2D eigenvalue weighted by Crippen LogP contribution is -2.30. The van der Waals surface area contributed by atoms with Crippen molar-refractivity contribution in [3.63, 3.8) is 0 Å². The summed E-state index contributed by atoms with van der Waals surface area (Å²) < 4.78 is 27.2. The van der Waals surface area contributed by atoms with Crippen LogP contribution in [0.3, 0.4) is 0 Å². The van der Waals surface area contributed by atoms with Gasteiger partial charge in [0, 0.05) is 23.4 Å². The Kier molecular flexibility index (Phi) is 5.74. The van der Waals surface area contributed by atoms with E-state index in [1.54, 1.807) is 25.2 Å². The molecule has 0 aromatic heterocycles. The predicted octanol–water partition coefficient (Wildman–Crippen LogP) is 2.23. The molecule has 1 aliphatic heterocycles. The molecule has 1 heterocycles. The molecular formula is C13H19ClN2O2S2. The fourth-order valence-corrected chi connectivity index (χ4v) is 4.76. The molecule has 0 aliphatic carbocycles. The molecule has 1 saturated heterocycles. The average Bonchev–Trinajstić information content (AvgIpc) is 2.92. The molecule has 4 nitrogen and oxygen atoms in total. The molecule has 1 fully saturated rings. The SMILES string of the molecule is CNCc1cc(S(=O)(=O)NCC2CCCS2)ccc1Cl. The van der Waals surface area contributed by atoms with E-state index in [1.165, 1.54) is 6.42 Å². The van der Waals surface area contributed by atoms with E-state index in [4.69, 9.17) is 11.6 Å². The third-order valence-corrected chi connectivity index (χ3v) is 6.41. The highest BCUT2D eigenvalue weighted by Gasteiger charge is 2.20. The molecule has 0 bridgehead atoms. The van der Waals surface area contributed by atoms with Gasteiger partial charge in [0.15, 0.2) is 0 Å². The Bertz CT molecular complexity index is 557. The molecule has 1 aliphatic rings. The van der Waals surface area contributed by atoms with Crippen LogP contribution in [0.4, 0.5) is 0 Å². The fraction of sp³-hybridized carbons (Fsp3) is 0.538. The Labute approximate surface area is 129 Å². The van der Waals surface area contributed by atoms with Crippen molar-refractivity contribution >= 4 is 33.4 Å². The monoisotopic (exact) mass is 334 g/mol. The topological polar surface area (TPSA) is 58.2 Å². The lowest BCUT2D eigenvalue weighted by atomic mass is 10.2. The Morgan fingerprint density at radius 1 is 1.45 bits per heavy atom. The van der Waals surface area contributed by atoms with Gasteiger partial charge < -0.3 is 5.32 Å². The van der Waals surface area contributed by atoms with Crippen molar-refractivity contribution in [1.29, 1.82) is 0 Å². The van der Waals surface area contributed by atoms with Gasteiger partial charge in [0.25, 0.3) is 0 Å². The minimum Gasteiger partial charge on any atom is -0.316 e. The lowest BCUT2D eigenvalue weighted by Gasteiger charge is -2.12. The number of halogens is 1. The van der Waals surface area contributed by atoms with E-state index in [9.17, 15) is 8.42 Å². The molecule has 1 atom stereocenters. The third kappa shape index (κ3) is 4.11. The van der Waals surface area contributed by atoms with E-state index in [2.05, 4.69) is 10.0 Å². The molecule has 1 aromatic carbocycles. The molecule has 0 saturated carbocycles. The average molecular weight is 335 g/mol. The van der Waals surface area contributed by atoms with Gasteiger partial charge in [-0.05, 0) is 49.4 Å². The number of rotatable bonds is 6. The summed E-state index contributed by atoms with van der Waals surface area (Å²) in [6, 6.07) is 4.81. The summed E-state index contributed by atoms with van der Waals surface area (Å²) in [5, 5.41) is 3.95. The number of thioether (sulfide) groups is 1. The molecule has 2 rings (SSSR count). The summed E-state index contributed by atoms with van der Waals surface area (Å²) in [7, 11) is -1.66. The summed E-state index contributed by atoms with van der Waals surface area (Å²) in [5.41, 5.74) is 0.785. The fourth-order valence-electron chi connectivity index (χ4n) is 2.14. The van der Waals surface area contributed by atoms with Crippen LogP contribution >= 0.6 is 23.4 Å². The standard InChI is InChI=1S/C13H19ClN2O2S2/c1-15-8-10-7-12(4-5-13(10)14)20(17,18)16-9-11-3-2-6-19-11/h4-5,7,11,15-16H,2-3,6,8-9H2,1H3. The van der Waals surface area contributed by atoms with Crippen molar-refractivity contribution in [1.82, 2.24) is 10.0 Å². The summed E-state index contributed by atoms with van der Waals surface area (Å²) in [6.07, 6.45) is 2.25. The smallest absolute Gasteiger partial charge is 0.240 e. The van der Waals surface area contributed by atoms with Crippen LogP contribution in [0, 0.1) is 0 Å². The van der Waals surface area contributed by atoms with E-state index in [-0.39, 0.29) is 4.90 Å². The summed E-state index contributed by atoms with van der Waals surface area (Å²) >= 11 is 7.88. The maximum absolute atomic E-state index is 12.3. The second-order valence-electron chi connectivity index (χ2n) is 4.77. The molecule has 1 unspecified atom stereocenters. The zero-order valence-electron chi connectivity index (χ0n) is 11.4. The first-order valence-corrected chi connectivity index (χ1v) is 9.48. The molecule has 1 aromatic rings. The van der Waals surface area contributed by atoms with Gasteiger partial charge in [-0.15, -0.1) is 0 Å². The number of nitrogens with one attached hydrogen (secondary N) is 2. The first kappa shape index (κ1) is 16.1. The van der Waals surface area contributed by atoms with Crippen LogP contribution in [-0.2, 0) is 16.6 Å². The zero-order valence-corrected chi connectivity index (χ0v) is 13.7. The molecule has 0 spiro atoms. The van der Waals surface area contributed by atoms with Gasteiger partial charge >= 0.3 is 0 Å². The van der Waals surface area contributed by atoms with Crippen molar-refractivity contribution in [2.75, 3.05) is 19.3 Å². The van der Waals surface area contributed by atoms with E-state index in [1.807, 2.05) is 11.8 Å². The van der Waals surface area contributed by atoms with Gasteiger partial charge in [0.1, 0.15) is 0 Å². The van der Waals surface area contributed by atoms with Gasteiger partial charge in [-0.25, -0.2) is 13.1 Å². The molecule has 7 heteroatoms. The number of sulfonamides is 1. The highest BCUT2D eigenvalue weighted by atomic mass is 35.5. The molecule has 20 heavy (non-hydrogen) atoms. The number of benzene rings is 1. The van der Waals surface area contributed by atoms with Crippen LogP contribution < -0.4 is 10.0 Å². The van der Waals surface area contributed by atoms with Gasteiger partial charge in [-0.2, -0.15) is 11.8 Å². The van der Waals surface area contributed by atoms with Crippen LogP contribution in [0.5, 0.6) is 0 Å². The molecule has 112 valence electrons.